The fraction of sp³-hybridized carbons (Fsp3) is 0.200. The van der Waals surface area contributed by atoms with E-state index in [0.717, 1.165) is 11.3 Å². The van der Waals surface area contributed by atoms with Gasteiger partial charge in [-0.25, -0.2) is 0 Å². The van der Waals surface area contributed by atoms with Crippen LogP contribution in [0.15, 0.2) is 42.5 Å². The Bertz CT molecular complexity index is 592. The Morgan fingerprint density at radius 1 is 0.826 bits per heavy atom. The van der Waals surface area contributed by atoms with Crippen LogP contribution in [-0.4, -0.2) is 48.4 Å². The monoisotopic (exact) mass is 316 g/mol. The largest absolute Gasteiger partial charge is 0.488 e. The molecule has 0 saturated heterocycles. The lowest BCUT2D eigenvalue weighted by Gasteiger charge is -2.12. The Hall–Kier alpha value is -1.99. The second-order valence-corrected chi connectivity index (χ2v) is 5.35. The molecule has 0 aliphatic heterocycles. The Balaban J connectivity index is 0.000000231. The first-order valence-electron chi connectivity index (χ1n) is 7.08. The van der Waals surface area contributed by atoms with E-state index in [4.69, 9.17) is 25.8 Å². The first-order valence-corrected chi connectivity index (χ1v) is 7.08. The van der Waals surface area contributed by atoms with Gasteiger partial charge in [0, 0.05) is 25.5 Å². The van der Waals surface area contributed by atoms with Gasteiger partial charge in [0.05, 0.1) is 0 Å². The lowest BCUT2D eigenvalue weighted by Crippen LogP contribution is -2.29. The van der Waals surface area contributed by atoms with E-state index < -0.39 is 14.2 Å². The highest BCUT2D eigenvalue weighted by atomic mass is 16.4. The summed E-state index contributed by atoms with van der Waals surface area (Å²) in [5, 5.41) is 35.1. The molecule has 0 aromatic heterocycles. The lowest BCUT2D eigenvalue weighted by atomic mass is 9.80. The number of hydrogen-bond acceptors (Lipinski definition) is 6. The van der Waals surface area contributed by atoms with Crippen molar-refractivity contribution in [2.75, 3.05) is 24.7 Å². The van der Waals surface area contributed by atoms with E-state index >= 15 is 0 Å². The molecule has 6 nitrogen and oxygen atoms in total. The number of nitrogens with two attached hydrogens (primary N) is 1. The van der Waals surface area contributed by atoms with Gasteiger partial charge >= 0.3 is 14.2 Å². The maximum Gasteiger partial charge on any atom is 0.488 e. The second-order valence-electron chi connectivity index (χ2n) is 5.35. The third kappa shape index (κ3) is 5.96. The number of anilines is 2. The molecule has 0 amide bonds. The summed E-state index contributed by atoms with van der Waals surface area (Å²) in [5.74, 6) is 0. The first kappa shape index (κ1) is 19.1. The molecule has 0 saturated carbocycles. The van der Waals surface area contributed by atoms with Gasteiger partial charge in [0.2, 0.25) is 0 Å². The number of aryl methyl sites for hydroxylation is 1. The van der Waals surface area contributed by atoms with Crippen molar-refractivity contribution >= 4 is 36.5 Å². The normalized spacial score (nSPS) is 9.70. The topological polar surface area (TPSA) is 110 Å². The average molecular weight is 316 g/mol. The molecule has 0 spiro atoms. The summed E-state index contributed by atoms with van der Waals surface area (Å²) < 4.78 is 0. The van der Waals surface area contributed by atoms with Crippen molar-refractivity contribution in [3.8, 4) is 0 Å². The molecule has 0 aliphatic carbocycles. The van der Waals surface area contributed by atoms with E-state index in [1.165, 1.54) is 0 Å². The smallest absolute Gasteiger partial charge is 0.423 e. The highest BCUT2D eigenvalue weighted by molar-refractivity contribution is 6.59. The zero-order chi connectivity index (χ0) is 17.6. The van der Waals surface area contributed by atoms with E-state index in [1.54, 1.807) is 30.3 Å². The molecule has 0 bridgehead atoms. The van der Waals surface area contributed by atoms with Crippen LogP contribution < -0.4 is 21.6 Å². The van der Waals surface area contributed by atoms with E-state index in [9.17, 15) is 0 Å². The third-order valence-electron chi connectivity index (χ3n) is 3.31. The molecule has 8 heteroatoms. The van der Waals surface area contributed by atoms with Crippen molar-refractivity contribution < 1.29 is 20.1 Å². The third-order valence-corrected chi connectivity index (χ3v) is 3.31. The maximum atomic E-state index is 8.80. The minimum atomic E-state index is -1.43. The van der Waals surface area contributed by atoms with Crippen LogP contribution in [0.2, 0.25) is 0 Å². The summed E-state index contributed by atoms with van der Waals surface area (Å²) in [6.45, 7) is 1.86. The molecular weight excluding hydrogens is 294 g/mol. The van der Waals surface area contributed by atoms with Crippen LogP contribution in [0.25, 0.3) is 0 Å². The van der Waals surface area contributed by atoms with Crippen molar-refractivity contribution in [1.82, 2.24) is 0 Å². The van der Waals surface area contributed by atoms with Gasteiger partial charge in [-0.2, -0.15) is 0 Å². The molecule has 2 rings (SSSR count). The minimum absolute atomic E-state index is 0.424. The molecule has 0 fully saturated rings. The van der Waals surface area contributed by atoms with Gasteiger partial charge in [0.1, 0.15) is 0 Å². The molecule has 0 unspecified atom stereocenters. The van der Waals surface area contributed by atoms with Crippen LogP contribution in [0.3, 0.4) is 0 Å². The Kier molecular flexibility index (Phi) is 7.12. The molecule has 122 valence electrons. The summed E-state index contributed by atoms with van der Waals surface area (Å²) in [7, 11) is 1.06. The van der Waals surface area contributed by atoms with Gasteiger partial charge in [-0.05, 0) is 41.6 Å². The first-order chi connectivity index (χ1) is 10.7. The predicted octanol–water partition coefficient (Wildman–Crippen LogP) is -1.31. The predicted molar refractivity (Wildman–Crippen MR) is 96.0 cm³/mol. The molecule has 0 radical (unpaired) electrons. The number of hydrogen-bond donors (Lipinski definition) is 5. The zero-order valence-corrected chi connectivity index (χ0v) is 13.5. The number of rotatable bonds is 3. The van der Waals surface area contributed by atoms with Gasteiger partial charge < -0.3 is 30.7 Å². The summed E-state index contributed by atoms with van der Waals surface area (Å²) in [5.41, 5.74) is 9.03. The standard InChI is InChI=1S/C8H12BNO2.C7H10BNO2/c1-10(2)8-5-3-7(4-6-8)9(11)12;1-5-2-3-6(8(10)11)4-7(5)9/h3-6,11-12H,1-2H3;2-4,10-11H,9H2,1H3. The van der Waals surface area contributed by atoms with E-state index in [-0.39, 0.29) is 0 Å². The van der Waals surface area contributed by atoms with Crippen LogP contribution in [0.5, 0.6) is 0 Å². The Morgan fingerprint density at radius 2 is 1.30 bits per heavy atom. The number of nitrogens with zero attached hydrogens (tertiary/aromatic N) is 1. The van der Waals surface area contributed by atoms with E-state index in [2.05, 4.69) is 0 Å². The molecule has 0 atom stereocenters. The Morgan fingerprint density at radius 3 is 1.70 bits per heavy atom. The van der Waals surface area contributed by atoms with Gasteiger partial charge in [0.25, 0.3) is 0 Å². The molecule has 23 heavy (non-hydrogen) atoms. The summed E-state index contributed by atoms with van der Waals surface area (Å²) in [6, 6.07) is 12.0. The Labute approximate surface area is 137 Å². The van der Waals surface area contributed by atoms with Crippen LogP contribution >= 0.6 is 0 Å². The molecule has 0 heterocycles. The van der Waals surface area contributed by atoms with E-state index in [1.807, 2.05) is 38.1 Å². The molecule has 2 aromatic carbocycles. The SMILES string of the molecule is CN(C)c1ccc(B(O)O)cc1.Cc1ccc(B(O)O)cc1N. The van der Waals surface area contributed by atoms with Gasteiger partial charge in [-0.3, -0.25) is 0 Å². The highest BCUT2D eigenvalue weighted by Gasteiger charge is 2.10. The molecule has 0 aliphatic rings. The van der Waals surface area contributed by atoms with Crippen molar-refractivity contribution in [3.63, 3.8) is 0 Å². The highest BCUT2D eigenvalue weighted by Crippen LogP contribution is 2.07. The van der Waals surface area contributed by atoms with Gasteiger partial charge in [-0.15, -0.1) is 0 Å². The number of nitrogen functional groups attached to an aromatic ring is 1. The summed E-state index contributed by atoms with van der Waals surface area (Å²) in [6.07, 6.45) is 0. The average Bonchev–Trinajstić information content (AvgIpc) is 2.50. The van der Waals surface area contributed by atoms with E-state index in [0.29, 0.717) is 16.6 Å². The number of benzene rings is 2. The maximum absolute atomic E-state index is 8.80. The van der Waals surface area contributed by atoms with Crippen molar-refractivity contribution in [1.29, 1.82) is 0 Å². The lowest BCUT2D eigenvalue weighted by molar-refractivity contribution is 0.424. The van der Waals surface area contributed by atoms with Gasteiger partial charge in [0.15, 0.2) is 0 Å². The minimum Gasteiger partial charge on any atom is -0.423 e. The van der Waals surface area contributed by atoms with Crippen LogP contribution in [0, 0.1) is 6.92 Å². The summed E-state index contributed by atoms with van der Waals surface area (Å²) in [4.78, 5) is 1.95. The summed E-state index contributed by atoms with van der Waals surface area (Å²) >= 11 is 0. The fourth-order valence-electron chi connectivity index (χ4n) is 1.76. The van der Waals surface area contributed by atoms with Crippen molar-refractivity contribution in [2.45, 2.75) is 6.92 Å². The van der Waals surface area contributed by atoms with Crippen LogP contribution in [-0.2, 0) is 0 Å². The molecule has 2 aromatic rings. The molecular formula is C15H22B2N2O4. The van der Waals surface area contributed by atoms with Gasteiger partial charge in [-0.1, -0.05) is 24.3 Å². The molecule has 6 N–H and O–H groups in total. The quantitative estimate of drug-likeness (QED) is 0.355. The van der Waals surface area contributed by atoms with Crippen LogP contribution in [0.4, 0.5) is 11.4 Å². The van der Waals surface area contributed by atoms with Crippen molar-refractivity contribution in [3.05, 3.63) is 48.0 Å². The second kappa shape index (κ2) is 8.59. The van der Waals surface area contributed by atoms with Crippen molar-refractivity contribution in [2.24, 2.45) is 0 Å². The fourth-order valence-corrected chi connectivity index (χ4v) is 1.76. The zero-order valence-electron chi connectivity index (χ0n) is 13.5. The van der Waals surface area contributed by atoms with Crippen LogP contribution in [0.1, 0.15) is 5.56 Å².